The first kappa shape index (κ1) is 12.8. The molecule has 0 aromatic heterocycles. The topological polar surface area (TPSA) is 15.6 Å². The van der Waals surface area contributed by atoms with Crippen LogP contribution < -0.4 is 4.90 Å². The van der Waals surface area contributed by atoms with E-state index in [4.69, 9.17) is 0 Å². The third kappa shape index (κ3) is 3.69. The average Bonchev–Trinajstić information content (AvgIpc) is 3.06. The Bertz CT molecular complexity index is 359. The first-order valence-corrected chi connectivity index (χ1v) is 5.12. The molecular formula is C13H14FeN2-6. The van der Waals surface area contributed by atoms with Crippen LogP contribution in [0.4, 0.5) is 5.69 Å². The van der Waals surface area contributed by atoms with Gasteiger partial charge in [0, 0.05) is 36.5 Å². The van der Waals surface area contributed by atoms with Crippen LogP contribution in [0.15, 0.2) is 59.6 Å². The fourth-order valence-electron chi connectivity index (χ4n) is 1.45. The molecule has 0 spiro atoms. The molecule has 2 nitrogen and oxygen atoms in total. The maximum atomic E-state index is 4.12. The van der Waals surface area contributed by atoms with Crippen LogP contribution in [0.25, 0.3) is 0 Å². The summed E-state index contributed by atoms with van der Waals surface area (Å²) >= 11 is 0. The molecule has 0 aliphatic carbocycles. The van der Waals surface area contributed by atoms with Gasteiger partial charge in [-0.15, -0.1) is 12.1 Å². The predicted molar refractivity (Wildman–Crippen MR) is 64.8 cm³/mol. The molecule has 90 valence electrons. The molecule has 0 amide bonds. The molecule has 2 aromatic carbocycles. The van der Waals surface area contributed by atoms with Crippen molar-refractivity contribution in [2.45, 2.75) is 0 Å². The minimum absolute atomic E-state index is 0. The Kier molecular flexibility index (Phi) is 5.62. The van der Waals surface area contributed by atoms with Crippen LogP contribution in [0, 0.1) is 0 Å². The number of rotatable bonds is 1. The van der Waals surface area contributed by atoms with Crippen LogP contribution in [-0.2, 0) is 17.1 Å². The molecular weight excluding hydrogens is 240 g/mol. The Hall–Kier alpha value is -1.31. The van der Waals surface area contributed by atoms with Crippen LogP contribution >= 0.6 is 0 Å². The van der Waals surface area contributed by atoms with Crippen LogP contribution in [0.2, 0.25) is 0 Å². The third-order valence-corrected chi connectivity index (χ3v) is 2.22. The number of hydrogen-bond acceptors (Lipinski definition) is 2. The summed E-state index contributed by atoms with van der Waals surface area (Å²) in [5.74, 6) is 0. The number of nitrogens with zero attached hydrogens (tertiary/aromatic N) is 2. The second-order valence-electron chi connectivity index (χ2n) is 3.32. The average molecular weight is 254 g/mol. The fraction of sp³-hybridized carbons (Fsp3) is 0.154. The van der Waals surface area contributed by atoms with E-state index in [9.17, 15) is 0 Å². The molecule has 0 saturated carbocycles. The molecule has 1 heterocycles. The zero-order chi connectivity index (χ0) is 10.3. The number of aliphatic imine (C=N–C) groups is 1. The van der Waals surface area contributed by atoms with Gasteiger partial charge in [0.2, 0.25) is 0 Å². The minimum atomic E-state index is 0. The van der Waals surface area contributed by atoms with Gasteiger partial charge in [0.05, 0.1) is 0 Å². The normalized spacial score (nSPS) is 12.9. The first-order chi connectivity index (χ1) is 7.47. The number of hydrogen-bond donors (Lipinski definition) is 0. The Balaban J connectivity index is 0.000000183. The predicted octanol–water partition coefficient (Wildman–Crippen LogP) is 2.66. The van der Waals surface area contributed by atoms with Crippen molar-refractivity contribution in [1.29, 1.82) is 0 Å². The zero-order valence-corrected chi connectivity index (χ0v) is 10.0. The molecule has 0 N–H and O–H groups in total. The van der Waals surface area contributed by atoms with Gasteiger partial charge >= 0.3 is 0 Å². The number of anilines is 1. The Labute approximate surface area is 107 Å². The minimum Gasteiger partial charge on any atom is -0.748 e. The van der Waals surface area contributed by atoms with E-state index in [-0.39, 0.29) is 17.1 Å². The second kappa shape index (κ2) is 7.04. The van der Waals surface area contributed by atoms with Gasteiger partial charge in [-0.05, 0) is 0 Å². The van der Waals surface area contributed by atoms with E-state index in [2.05, 4.69) is 22.0 Å². The van der Waals surface area contributed by atoms with Crippen molar-refractivity contribution in [2.24, 2.45) is 4.99 Å². The summed E-state index contributed by atoms with van der Waals surface area (Å²) in [6, 6.07) is 18.3. The van der Waals surface area contributed by atoms with Crippen molar-refractivity contribution in [3.63, 3.8) is 0 Å². The van der Waals surface area contributed by atoms with Gasteiger partial charge in [0.15, 0.2) is 0 Å². The van der Waals surface area contributed by atoms with Crippen molar-refractivity contribution in [1.82, 2.24) is 0 Å². The van der Waals surface area contributed by atoms with Crippen LogP contribution in [0.1, 0.15) is 0 Å². The summed E-state index contributed by atoms with van der Waals surface area (Å²) in [6.07, 6.45) is 1.90. The van der Waals surface area contributed by atoms with Crippen molar-refractivity contribution in [3.8, 4) is 0 Å². The molecule has 3 rings (SSSR count). The SMILES string of the molecule is C1=NCCN1[c-]1cccc1.[Fe].[cH-]1[cH-][cH-][cH-][cH-]1. The van der Waals surface area contributed by atoms with E-state index < -0.39 is 0 Å². The zero-order valence-electron chi connectivity index (χ0n) is 8.94. The van der Waals surface area contributed by atoms with E-state index in [1.165, 1.54) is 5.69 Å². The van der Waals surface area contributed by atoms with Crippen LogP contribution in [0.3, 0.4) is 0 Å². The molecule has 0 saturated heterocycles. The van der Waals surface area contributed by atoms with E-state index >= 15 is 0 Å². The first-order valence-electron chi connectivity index (χ1n) is 5.12. The molecule has 16 heavy (non-hydrogen) atoms. The van der Waals surface area contributed by atoms with Gasteiger partial charge in [-0.3, -0.25) is 0 Å². The summed E-state index contributed by atoms with van der Waals surface area (Å²) in [5.41, 5.74) is 1.25. The smallest absolute Gasteiger partial charge is 0.0463 e. The Morgan fingerprint density at radius 3 is 2.00 bits per heavy atom. The Morgan fingerprint density at radius 2 is 1.56 bits per heavy atom. The third-order valence-electron chi connectivity index (χ3n) is 2.22. The van der Waals surface area contributed by atoms with E-state index in [1.54, 1.807) is 0 Å². The van der Waals surface area contributed by atoms with Crippen molar-refractivity contribution >= 4 is 12.0 Å². The fourth-order valence-corrected chi connectivity index (χ4v) is 1.45. The second-order valence-corrected chi connectivity index (χ2v) is 3.32. The van der Waals surface area contributed by atoms with Crippen molar-refractivity contribution in [2.75, 3.05) is 18.0 Å². The maximum absolute atomic E-state index is 4.12. The molecule has 0 unspecified atom stereocenters. The van der Waals surface area contributed by atoms with Gasteiger partial charge in [-0.1, -0.05) is 5.69 Å². The van der Waals surface area contributed by atoms with Crippen LogP contribution in [-0.4, -0.2) is 19.4 Å². The summed E-state index contributed by atoms with van der Waals surface area (Å²) in [4.78, 5) is 6.27. The van der Waals surface area contributed by atoms with Crippen molar-refractivity contribution in [3.05, 3.63) is 54.6 Å². The van der Waals surface area contributed by atoms with Gasteiger partial charge in [-0.2, -0.15) is 12.1 Å². The van der Waals surface area contributed by atoms with E-state index in [0.29, 0.717) is 0 Å². The van der Waals surface area contributed by atoms with Gasteiger partial charge in [0.1, 0.15) is 0 Å². The molecule has 2 aromatic rings. The van der Waals surface area contributed by atoms with E-state index in [1.807, 2.05) is 48.8 Å². The van der Waals surface area contributed by atoms with Gasteiger partial charge < -0.3 is 40.2 Å². The van der Waals surface area contributed by atoms with Gasteiger partial charge in [0.25, 0.3) is 0 Å². The summed E-state index contributed by atoms with van der Waals surface area (Å²) < 4.78 is 0. The quantitative estimate of drug-likeness (QED) is 0.564. The Morgan fingerprint density at radius 1 is 1.00 bits per heavy atom. The molecule has 0 radical (unpaired) electrons. The van der Waals surface area contributed by atoms with E-state index in [0.717, 1.165) is 13.1 Å². The molecule has 0 atom stereocenters. The summed E-state index contributed by atoms with van der Waals surface area (Å²) in [6.45, 7) is 1.97. The molecule has 0 fully saturated rings. The standard InChI is InChI=1S/C8H9N2.C5H5.Fe/c1-2-4-8(3-1)10-6-5-9-7-10;1-2-4-5-3-1;/h1-4,7H,5-6H2;1-5H;/q-1;-5;. The molecule has 3 heteroatoms. The van der Waals surface area contributed by atoms with Crippen molar-refractivity contribution < 1.29 is 17.1 Å². The summed E-state index contributed by atoms with van der Waals surface area (Å²) in [5, 5.41) is 0. The molecule has 1 aliphatic heterocycles. The van der Waals surface area contributed by atoms with Crippen LogP contribution in [0.5, 0.6) is 0 Å². The molecule has 1 aliphatic rings. The monoisotopic (exact) mass is 254 g/mol. The molecule has 0 bridgehead atoms. The largest absolute Gasteiger partial charge is 0.748 e. The maximum Gasteiger partial charge on any atom is 0.0463 e. The van der Waals surface area contributed by atoms with Gasteiger partial charge in [-0.25, -0.2) is 0 Å². The summed E-state index contributed by atoms with van der Waals surface area (Å²) in [7, 11) is 0.